The molecule has 1 aromatic heterocycles. The van der Waals surface area contributed by atoms with Crippen LogP contribution in [0, 0.1) is 6.92 Å². The Morgan fingerprint density at radius 3 is 2.93 bits per heavy atom. The zero-order chi connectivity index (χ0) is 18.6. The molecule has 4 rings (SSSR count). The number of benzene rings is 2. The second-order valence-corrected chi connectivity index (χ2v) is 7.32. The summed E-state index contributed by atoms with van der Waals surface area (Å²) >= 11 is 0. The van der Waals surface area contributed by atoms with Crippen molar-refractivity contribution < 1.29 is 9.47 Å². The standard InChI is InChI=1S/C22H27N3O2/c1-15-19-14-24-25-20(19)10-11-21(15)27-18-8-5-7-17(12-18)23-13-16-6-3-4-9-22(16)26-2/h3-4,6,9-11,14,17-18,23H,5,7-8,12-13H2,1-2H3,(H,24,25)/t17-,18+/m1/s1. The molecule has 1 saturated carbocycles. The van der Waals surface area contributed by atoms with Crippen LogP contribution in [0.2, 0.25) is 0 Å². The fourth-order valence-electron chi connectivity index (χ4n) is 3.99. The van der Waals surface area contributed by atoms with Crippen molar-refractivity contribution in [3.05, 3.63) is 53.7 Å². The molecule has 1 fully saturated rings. The van der Waals surface area contributed by atoms with Crippen molar-refractivity contribution in [2.45, 2.75) is 51.3 Å². The quantitative estimate of drug-likeness (QED) is 0.681. The number of nitrogens with one attached hydrogen (secondary N) is 2. The lowest BCUT2D eigenvalue weighted by atomic mass is 9.92. The second kappa shape index (κ2) is 8.01. The molecule has 0 aliphatic heterocycles. The molecule has 27 heavy (non-hydrogen) atoms. The molecule has 2 aromatic carbocycles. The van der Waals surface area contributed by atoms with Gasteiger partial charge in [-0.2, -0.15) is 5.10 Å². The molecule has 0 unspecified atom stereocenters. The van der Waals surface area contributed by atoms with Gasteiger partial charge in [-0.3, -0.25) is 5.10 Å². The number of hydrogen-bond acceptors (Lipinski definition) is 4. The SMILES string of the molecule is COc1ccccc1CN[C@@H]1CCC[C@H](Oc2ccc3[nH]ncc3c2C)C1. The van der Waals surface area contributed by atoms with Gasteiger partial charge in [0.2, 0.25) is 0 Å². The smallest absolute Gasteiger partial charge is 0.123 e. The Bertz CT molecular complexity index is 905. The van der Waals surface area contributed by atoms with Crippen molar-refractivity contribution in [1.29, 1.82) is 0 Å². The normalized spacial score (nSPS) is 19.9. The first kappa shape index (κ1) is 17.9. The van der Waals surface area contributed by atoms with Gasteiger partial charge in [-0.15, -0.1) is 0 Å². The van der Waals surface area contributed by atoms with E-state index in [4.69, 9.17) is 9.47 Å². The lowest BCUT2D eigenvalue weighted by Gasteiger charge is -2.31. The number of methoxy groups -OCH3 is 1. The van der Waals surface area contributed by atoms with E-state index < -0.39 is 0 Å². The number of aromatic amines is 1. The number of aromatic nitrogens is 2. The van der Waals surface area contributed by atoms with Gasteiger partial charge < -0.3 is 14.8 Å². The Labute approximate surface area is 160 Å². The van der Waals surface area contributed by atoms with Crippen LogP contribution in [0.3, 0.4) is 0 Å². The summed E-state index contributed by atoms with van der Waals surface area (Å²) in [6, 6.07) is 12.8. The van der Waals surface area contributed by atoms with Crippen LogP contribution in [0.25, 0.3) is 10.9 Å². The Morgan fingerprint density at radius 1 is 1.15 bits per heavy atom. The molecule has 1 aliphatic carbocycles. The van der Waals surface area contributed by atoms with Gasteiger partial charge in [0.25, 0.3) is 0 Å². The Hall–Kier alpha value is -2.53. The minimum absolute atomic E-state index is 0.247. The van der Waals surface area contributed by atoms with E-state index in [1.165, 1.54) is 18.4 Å². The molecule has 0 saturated heterocycles. The Kier molecular flexibility index (Phi) is 5.30. The number of aryl methyl sites for hydroxylation is 1. The van der Waals surface area contributed by atoms with Gasteiger partial charge in [0.05, 0.1) is 18.8 Å². The molecule has 142 valence electrons. The van der Waals surface area contributed by atoms with Crippen molar-refractivity contribution in [2.75, 3.05) is 7.11 Å². The van der Waals surface area contributed by atoms with Crippen molar-refractivity contribution in [3.63, 3.8) is 0 Å². The van der Waals surface area contributed by atoms with Crippen LogP contribution in [0.5, 0.6) is 11.5 Å². The summed E-state index contributed by atoms with van der Waals surface area (Å²) in [5.41, 5.74) is 3.41. The summed E-state index contributed by atoms with van der Waals surface area (Å²) in [6.45, 7) is 2.93. The van der Waals surface area contributed by atoms with Crippen LogP contribution in [-0.2, 0) is 6.54 Å². The third-order valence-corrected chi connectivity index (χ3v) is 5.54. The molecule has 5 heteroatoms. The number of rotatable bonds is 6. The highest BCUT2D eigenvalue weighted by molar-refractivity contribution is 5.83. The van der Waals surface area contributed by atoms with Crippen molar-refractivity contribution in [2.24, 2.45) is 0 Å². The van der Waals surface area contributed by atoms with E-state index in [9.17, 15) is 0 Å². The summed E-state index contributed by atoms with van der Waals surface area (Å²) in [6.07, 6.45) is 6.62. The van der Waals surface area contributed by atoms with Crippen LogP contribution in [0.1, 0.15) is 36.8 Å². The maximum absolute atomic E-state index is 6.38. The van der Waals surface area contributed by atoms with Crippen LogP contribution in [0.4, 0.5) is 0 Å². The first-order valence-electron chi connectivity index (χ1n) is 9.69. The van der Waals surface area contributed by atoms with E-state index in [1.54, 1.807) is 7.11 Å². The molecule has 2 atom stereocenters. The third kappa shape index (κ3) is 3.93. The average Bonchev–Trinajstić information content (AvgIpc) is 3.19. The van der Waals surface area contributed by atoms with Crippen LogP contribution < -0.4 is 14.8 Å². The fourth-order valence-corrected chi connectivity index (χ4v) is 3.99. The third-order valence-electron chi connectivity index (χ3n) is 5.54. The number of ether oxygens (including phenoxy) is 2. The Balaban J connectivity index is 1.38. The maximum Gasteiger partial charge on any atom is 0.123 e. The van der Waals surface area contributed by atoms with Gasteiger partial charge in [0.15, 0.2) is 0 Å². The molecule has 0 spiro atoms. The van der Waals surface area contributed by atoms with Crippen LogP contribution in [0.15, 0.2) is 42.6 Å². The minimum atomic E-state index is 0.247. The lowest BCUT2D eigenvalue weighted by Crippen LogP contribution is -2.37. The van der Waals surface area contributed by atoms with Crippen LogP contribution in [-0.4, -0.2) is 29.5 Å². The van der Waals surface area contributed by atoms with Gasteiger partial charge in [0.1, 0.15) is 17.6 Å². The molecule has 2 N–H and O–H groups in total. The van der Waals surface area contributed by atoms with E-state index in [-0.39, 0.29) is 6.10 Å². The number of fused-ring (bicyclic) bond motifs is 1. The van der Waals surface area contributed by atoms with E-state index in [0.29, 0.717) is 6.04 Å². The summed E-state index contributed by atoms with van der Waals surface area (Å²) in [5, 5.41) is 12.0. The molecule has 5 nitrogen and oxygen atoms in total. The van der Waals surface area contributed by atoms with E-state index in [1.807, 2.05) is 24.4 Å². The second-order valence-electron chi connectivity index (χ2n) is 7.32. The van der Waals surface area contributed by atoms with Crippen LogP contribution >= 0.6 is 0 Å². The lowest BCUT2D eigenvalue weighted by molar-refractivity contribution is 0.133. The van der Waals surface area contributed by atoms with Gasteiger partial charge in [-0.1, -0.05) is 18.2 Å². The molecule has 0 radical (unpaired) electrons. The van der Waals surface area contributed by atoms with Gasteiger partial charge >= 0.3 is 0 Å². The molecule has 0 amide bonds. The number of para-hydroxylation sites is 1. The zero-order valence-corrected chi connectivity index (χ0v) is 16.0. The van der Waals surface area contributed by atoms with E-state index >= 15 is 0 Å². The molecule has 1 aliphatic rings. The van der Waals surface area contributed by atoms with Gasteiger partial charge in [-0.25, -0.2) is 0 Å². The summed E-state index contributed by atoms with van der Waals surface area (Å²) in [4.78, 5) is 0. The molecule has 0 bridgehead atoms. The number of H-pyrrole nitrogens is 1. The zero-order valence-electron chi connectivity index (χ0n) is 16.0. The molecular formula is C22H27N3O2. The highest BCUT2D eigenvalue weighted by Crippen LogP contribution is 2.30. The first-order valence-corrected chi connectivity index (χ1v) is 9.69. The van der Waals surface area contributed by atoms with Gasteiger partial charge in [-0.05, 0) is 50.8 Å². The molecule has 3 aromatic rings. The van der Waals surface area contributed by atoms with E-state index in [2.05, 4.69) is 40.6 Å². The predicted octanol–water partition coefficient (Wildman–Crippen LogP) is 4.36. The Morgan fingerprint density at radius 2 is 2.04 bits per heavy atom. The minimum Gasteiger partial charge on any atom is -0.496 e. The number of nitrogens with zero attached hydrogens (tertiary/aromatic N) is 1. The highest BCUT2D eigenvalue weighted by atomic mass is 16.5. The first-order chi connectivity index (χ1) is 13.2. The van der Waals surface area contributed by atoms with E-state index in [0.717, 1.165) is 47.4 Å². The monoisotopic (exact) mass is 365 g/mol. The number of hydrogen-bond donors (Lipinski definition) is 2. The predicted molar refractivity (Wildman–Crippen MR) is 107 cm³/mol. The fraction of sp³-hybridized carbons (Fsp3) is 0.409. The average molecular weight is 365 g/mol. The maximum atomic E-state index is 6.38. The topological polar surface area (TPSA) is 59.2 Å². The summed E-state index contributed by atoms with van der Waals surface area (Å²) in [7, 11) is 1.72. The molecular weight excluding hydrogens is 338 g/mol. The molecule has 1 heterocycles. The van der Waals surface area contributed by atoms with Gasteiger partial charge in [0, 0.05) is 29.1 Å². The largest absolute Gasteiger partial charge is 0.496 e. The van der Waals surface area contributed by atoms with Crippen molar-refractivity contribution >= 4 is 10.9 Å². The van der Waals surface area contributed by atoms with Crippen molar-refractivity contribution in [3.8, 4) is 11.5 Å². The summed E-state index contributed by atoms with van der Waals surface area (Å²) < 4.78 is 11.8. The summed E-state index contributed by atoms with van der Waals surface area (Å²) in [5.74, 6) is 1.91. The van der Waals surface area contributed by atoms with Crippen molar-refractivity contribution in [1.82, 2.24) is 15.5 Å². The highest BCUT2D eigenvalue weighted by Gasteiger charge is 2.24.